The maximum absolute atomic E-state index is 14.0. The van der Waals surface area contributed by atoms with E-state index in [2.05, 4.69) is 5.32 Å². The third kappa shape index (κ3) is 5.61. The molecule has 3 aromatic carbocycles. The number of aromatic nitrogens is 1. The van der Waals surface area contributed by atoms with Crippen molar-refractivity contribution in [2.24, 2.45) is 5.73 Å². The Labute approximate surface area is 252 Å². The third-order valence-electron chi connectivity index (χ3n) is 6.76. The number of non-ortho nitro benzene ring substituents is 2. The number of hydrogen-bond acceptors (Lipinski definition) is 10. The number of nitro benzene ring substituents is 2. The molecule has 2 heterocycles. The summed E-state index contributed by atoms with van der Waals surface area (Å²) in [5.74, 6) is -2.94. The van der Waals surface area contributed by atoms with Gasteiger partial charge in [0.1, 0.15) is 10.5 Å². The second kappa shape index (κ2) is 12.1. The van der Waals surface area contributed by atoms with Crippen molar-refractivity contribution in [1.29, 1.82) is 0 Å². The number of nitrogens with two attached hydrogens (primary N) is 1. The summed E-state index contributed by atoms with van der Waals surface area (Å²) >= 11 is 0.940. The van der Waals surface area contributed by atoms with E-state index in [1.165, 1.54) is 54.6 Å². The van der Waals surface area contributed by atoms with E-state index in [1.807, 2.05) is 0 Å². The maximum Gasteiger partial charge on any atom is 0.338 e. The van der Waals surface area contributed by atoms with Gasteiger partial charge in [0, 0.05) is 30.0 Å². The Kier molecular flexibility index (Phi) is 8.17. The molecule has 1 atom stereocenters. The van der Waals surface area contributed by atoms with Gasteiger partial charge in [-0.1, -0.05) is 30.3 Å². The molecule has 0 bridgehead atoms. The molecule has 3 N–H and O–H groups in total. The van der Waals surface area contributed by atoms with Gasteiger partial charge in [0.15, 0.2) is 0 Å². The fourth-order valence-corrected chi connectivity index (χ4v) is 5.94. The lowest BCUT2D eigenvalue weighted by Crippen LogP contribution is -2.42. The largest absolute Gasteiger partial charge is 0.463 e. The molecule has 4 aromatic rings. The van der Waals surface area contributed by atoms with Crippen LogP contribution in [0.2, 0.25) is 0 Å². The lowest BCUT2D eigenvalue weighted by Gasteiger charge is -2.27. The van der Waals surface area contributed by atoms with Crippen molar-refractivity contribution in [3.8, 4) is 0 Å². The Morgan fingerprint density at radius 3 is 2.11 bits per heavy atom. The van der Waals surface area contributed by atoms with Gasteiger partial charge in [0.2, 0.25) is 0 Å². The first-order valence-electron chi connectivity index (χ1n) is 13.1. The van der Waals surface area contributed by atoms with Gasteiger partial charge in [0.05, 0.1) is 38.0 Å². The van der Waals surface area contributed by atoms with Crippen molar-refractivity contribution in [3.63, 3.8) is 0 Å². The van der Waals surface area contributed by atoms with Gasteiger partial charge in [-0.3, -0.25) is 34.4 Å². The number of amides is 1. The first kappa shape index (κ1) is 29.6. The Balaban J connectivity index is 1.81. The molecule has 0 aliphatic carbocycles. The lowest BCUT2D eigenvalue weighted by molar-refractivity contribution is -0.385. The number of para-hydroxylation sites is 1. The highest BCUT2D eigenvalue weighted by molar-refractivity contribution is 7.07. The van der Waals surface area contributed by atoms with Crippen LogP contribution in [0.4, 0.5) is 17.1 Å². The fraction of sp³-hybridized carbons (Fsp3) is 0.100. The molecule has 1 aliphatic rings. The van der Waals surface area contributed by atoms with Crippen LogP contribution >= 0.6 is 11.3 Å². The third-order valence-corrected chi connectivity index (χ3v) is 7.87. The van der Waals surface area contributed by atoms with Crippen molar-refractivity contribution >= 4 is 57.7 Å². The molecule has 0 fully saturated rings. The number of carbonyl (C=O) groups excluding carboxylic acids is 2. The number of hydrogen-bond donors (Lipinski definition) is 2. The monoisotopic (exact) mass is 613 g/mol. The van der Waals surface area contributed by atoms with E-state index in [1.54, 1.807) is 37.3 Å². The normalized spacial score (nSPS) is 14.6. The highest BCUT2D eigenvalue weighted by Crippen LogP contribution is 2.38. The standard InChI is InChI=1S/C30H23N5O8S/c1-2-43-30(38)24-23(18-10-14-21(15-11-18)35(41)42)25(27(36)32-19-6-4-3-5-7-19)29-33(26(24)31)28(37)22(44-29)16-17-8-12-20(13-9-17)34(39)40/h3-16,23H,2,31H2,1H3,(H,32,36)/b22-16+. The van der Waals surface area contributed by atoms with E-state index in [-0.39, 0.29) is 44.1 Å². The Morgan fingerprint density at radius 1 is 0.955 bits per heavy atom. The fourth-order valence-electron chi connectivity index (χ4n) is 4.76. The van der Waals surface area contributed by atoms with Crippen molar-refractivity contribution in [2.75, 3.05) is 11.9 Å². The zero-order valence-corrected chi connectivity index (χ0v) is 23.8. The van der Waals surface area contributed by atoms with Gasteiger partial charge in [0.25, 0.3) is 22.8 Å². The maximum atomic E-state index is 14.0. The van der Waals surface area contributed by atoms with Crippen molar-refractivity contribution in [3.05, 3.63) is 135 Å². The number of nitrogens with zero attached hydrogens (tertiary/aromatic N) is 3. The molecule has 0 spiro atoms. The predicted molar refractivity (Wildman–Crippen MR) is 163 cm³/mol. The second-order valence-electron chi connectivity index (χ2n) is 9.44. The van der Waals surface area contributed by atoms with Crippen LogP contribution in [-0.2, 0) is 14.3 Å². The van der Waals surface area contributed by atoms with E-state index >= 15 is 0 Å². The average molecular weight is 614 g/mol. The van der Waals surface area contributed by atoms with Crippen molar-refractivity contribution < 1.29 is 24.2 Å². The number of ether oxygens (including phenoxy) is 1. The number of fused-ring (bicyclic) bond motifs is 1. The smallest absolute Gasteiger partial charge is 0.338 e. The lowest BCUT2D eigenvalue weighted by atomic mass is 9.82. The van der Waals surface area contributed by atoms with Crippen LogP contribution < -0.4 is 25.8 Å². The Morgan fingerprint density at radius 2 is 1.55 bits per heavy atom. The van der Waals surface area contributed by atoms with Crippen LogP contribution in [0.15, 0.2) is 89.2 Å². The zero-order chi connectivity index (χ0) is 31.5. The highest BCUT2D eigenvalue weighted by atomic mass is 32.1. The summed E-state index contributed by atoms with van der Waals surface area (Å²) in [6.45, 7) is 1.56. The molecule has 1 unspecified atom stereocenters. The summed E-state index contributed by atoms with van der Waals surface area (Å²) in [6.07, 6.45) is 1.49. The Bertz CT molecular complexity index is 2010. The molecule has 14 heteroatoms. The molecule has 1 aromatic heterocycles. The van der Waals surface area contributed by atoms with E-state index in [0.717, 1.165) is 15.9 Å². The van der Waals surface area contributed by atoms with Crippen LogP contribution in [0.1, 0.15) is 24.0 Å². The second-order valence-corrected chi connectivity index (χ2v) is 10.5. The summed E-state index contributed by atoms with van der Waals surface area (Å²) in [4.78, 5) is 62.5. The number of nitro groups is 2. The molecule has 44 heavy (non-hydrogen) atoms. The molecule has 1 amide bonds. The minimum atomic E-state index is -1.16. The van der Waals surface area contributed by atoms with Crippen LogP contribution in [0.25, 0.3) is 17.5 Å². The minimum Gasteiger partial charge on any atom is -0.463 e. The summed E-state index contributed by atoms with van der Waals surface area (Å²) in [7, 11) is 0. The SMILES string of the molecule is CCOC(=O)C1=C(N)n2c(s/c(=C/c3ccc([N+](=O)[O-])cc3)c2=O)=C(C(=O)Nc2ccccc2)C1c1ccc([N+](=O)[O-])cc1. The summed E-state index contributed by atoms with van der Waals surface area (Å²) in [5.41, 5.74) is 6.59. The number of nitrogens with one attached hydrogen (secondary N) is 1. The van der Waals surface area contributed by atoms with E-state index in [9.17, 15) is 34.6 Å². The van der Waals surface area contributed by atoms with Crippen LogP contribution in [0.5, 0.6) is 0 Å². The Hall–Kier alpha value is -5.89. The first-order chi connectivity index (χ1) is 21.1. The highest BCUT2D eigenvalue weighted by Gasteiger charge is 2.39. The van der Waals surface area contributed by atoms with Gasteiger partial charge in [-0.25, -0.2) is 4.79 Å². The molecular formula is C30H23N5O8S. The molecule has 0 radical (unpaired) electrons. The van der Waals surface area contributed by atoms with Crippen LogP contribution in [0.3, 0.4) is 0 Å². The molecule has 5 rings (SSSR count). The van der Waals surface area contributed by atoms with Crippen LogP contribution in [-0.4, -0.2) is 32.9 Å². The minimum absolute atomic E-state index is 0.00888. The van der Waals surface area contributed by atoms with E-state index in [0.29, 0.717) is 16.8 Å². The number of thiazole rings is 1. The molecule has 1 aliphatic heterocycles. The van der Waals surface area contributed by atoms with Gasteiger partial charge in [-0.15, -0.1) is 11.3 Å². The molecule has 0 saturated carbocycles. The van der Waals surface area contributed by atoms with Crippen LogP contribution in [0, 0.1) is 20.2 Å². The number of esters is 1. The topological polar surface area (TPSA) is 190 Å². The number of rotatable bonds is 8. The number of anilines is 1. The van der Waals surface area contributed by atoms with Gasteiger partial charge >= 0.3 is 5.97 Å². The number of carbonyl (C=O) groups is 2. The molecule has 13 nitrogen and oxygen atoms in total. The van der Waals surface area contributed by atoms with Crippen molar-refractivity contribution in [1.82, 2.24) is 4.57 Å². The molecule has 0 saturated heterocycles. The van der Waals surface area contributed by atoms with E-state index in [4.69, 9.17) is 10.5 Å². The summed E-state index contributed by atoms with van der Waals surface area (Å²) in [6, 6.07) is 19.4. The number of benzene rings is 3. The average Bonchev–Trinajstić information content (AvgIpc) is 3.33. The van der Waals surface area contributed by atoms with E-state index < -0.39 is 33.2 Å². The molecular weight excluding hydrogens is 590 g/mol. The zero-order valence-electron chi connectivity index (χ0n) is 23.0. The predicted octanol–water partition coefficient (Wildman–Crippen LogP) is 2.83. The first-order valence-corrected chi connectivity index (χ1v) is 13.9. The van der Waals surface area contributed by atoms with Gasteiger partial charge in [-0.2, -0.15) is 0 Å². The molecule has 222 valence electrons. The summed E-state index contributed by atoms with van der Waals surface area (Å²) in [5, 5.41) is 25.2. The summed E-state index contributed by atoms with van der Waals surface area (Å²) < 4.78 is 6.62. The quantitative estimate of drug-likeness (QED) is 0.171. The van der Waals surface area contributed by atoms with Crippen molar-refractivity contribution in [2.45, 2.75) is 12.8 Å². The van der Waals surface area contributed by atoms with Gasteiger partial charge < -0.3 is 15.8 Å². The van der Waals surface area contributed by atoms with Gasteiger partial charge in [-0.05, 0) is 48.4 Å².